The van der Waals surface area contributed by atoms with Crippen molar-refractivity contribution in [3.05, 3.63) is 28.7 Å². The van der Waals surface area contributed by atoms with Crippen molar-refractivity contribution < 1.29 is 0 Å². The van der Waals surface area contributed by atoms with Gasteiger partial charge in [-0.05, 0) is 18.2 Å². The van der Waals surface area contributed by atoms with E-state index in [0.29, 0.717) is 0 Å². The van der Waals surface area contributed by atoms with Gasteiger partial charge in [-0.2, -0.15) is 0 Å². The molecular weight excluding hydrogens is 239 g/mol. The number of hydrogen-bond acceptors (Lipinski definition) is 2. The van der Waals surface area contributed by atoms with Crippen molar-refractivity contribution in [1.82, 2.24) is 4.81 Å². The zero-order valence-electron chi connectivity index (χ0n) is 7.99. The third-order valence-electron chi connectivity index (χ3n) is 2.49. The second-order valence-electron chi connectivity index (χ2n) is 3.50. The van der Waals surface area contributed by atoms with Crippen LogP contribution in [0.2, 0.25) is 0 Å². The fourth-order valence-corrected chi connectivity index (χ4v) is 2.04. The highest BCUT2D eigenvalue weighted by atomic mass is 79.9. The SMILES string of the molecule is [B]N1CCN(c2cccc(Br)c2)CC1. The highest BCUT2D eigenvalue weighted by Gasteiger charge is 2.13. The lowest BCUT2D eigenvalue weighted by atomic mass is 10.2. The molecule has 0 aromatic heterocycles. The average Bonchev–Trinajstić information content (AvgIpc) is 2.19. The quantitative estimate of drug-likeness (QED) is 0.700. The van der Waals surface area contributed by atoms with Gasteiger partial charge in [0.25, 0.3) is 0 Å². The van der Waals surface area contributed by atoms with E-state index in [4.69, 9.17) is 7.98 Å². The third kappa shape index (κ3) is 2.31. The molecule has 2 rings (SSSR count). The summed E-state index contributed by atoms with van der Waals surface area (Å²) in [6.07, 6.45) is 0. The Kier molecular flexibility index (Phi) is 3.13. The van der Waals surface area contributed by atoms with E-state index in [0.717, 1.165) is 30.7 Å². The van der Waals surface area contributed by atoms with Crippen LogP contribution in [0.15, 0.2) is 28.7 Å². The maximum Gasteiger partial charge on any atom is 0.182 e. The van der Waals surface area contributed by atoms with Crippen LogP contribution in [-0.4, -0.2) is 39.0 Å². The molecule has 2 radical (unpaired) electrons. The van der Waals surface area contributed by atoms with Crippen LogP contribution in [-0.2, 0) is 0 Å². The third-order valence-corrected chi connectivity index (χ3v) is 2.98. The van der Waals surface area contributed by atoms with E-state index < -0.39 is 0 Å². The van der Waals surface area contributed by atoms with Crippen LogP contribution in [0.3, 0.4) is 0 Å². The van der Waals surface area contributed by atoms with Crippen LogP contribution < -0.4 is 4.90 Å². The van der Waals surface area contributed by atoms with Crippen molar-refractivity contribution in [3.8, 4) is 0 Å². The van der Waals surface area contributed by atoms with Crippen LogP contribution in [0.25, 0.3) is 0 Å². The van der Waals surface area contributed by atoms with E-state index in [1.807, 2.05) is 10.9 Å². The summed E-state index contributed by atoms with van der Waals surface area (Å²) in [6, 6.07) is 8.39. The minimum Gasteiger partial charge on any atom is -0.369 e. The van der Waals surface area contributed by atoms with Crippen molar-refractivity contribution in [2.45, 2.75) is 0 Å². The summed E-state index contributed by atoms with van der Waals surface area (Å²) in [4.78, 5) is 4.22. The Balaban J connectivity index is 2.08. The standard InChI is InChI=1S/C10H12BBrN2/c11-14-6-4-13(5-7-14)10-3-1-2-9(12)8-10/h1-3,8H,4-7H2. The lowest BCUT2D eigenvalue weighted by molar-refractivity contribution is 0.415. The van der Waals surface area contributed by atoms with Gasteiger partial charge in [0.1, 0.15) is 0 Å². The predicted octanol–water partition coefficient (Wildman–Crippen LogP) is 1.65. The van der Waals surface area contributed by atoms with Gasteiger partial charge in [0.2, 0.25) is 0 Å². The molecule has 72 valence electrons. The Bertz CT molecular complexity index is 311. The van der Waals surface area contributed by atoms with Gasteiger partial charge < -0.3 is 9.71 Å². The van der Waals surface area contributed by atoms with Crippen LogP contribution in [0.5, 0.6) is 0 Å². The highest BCUT2D eigenvalue weighted by molar-refractivity contribution is 9.10. The number of piperazine rings is 1. The Morgan fingerprint density at radius 1 is 1.14 bits per heavy atom. The molecule has 0 saturated carbocycles. The van der Waals surface area contributed by atoms with Gasteiger partial charge in [-0.3, -0.25) is 0 Å². The van der Waals surface area contributed by atoms with Gasteiger partial charge >= 0.3 is 0 Å². The number of rotatable bonds is 1. The second kappa shape index (κ2) is 4.36. The minimum atomic E-state index is 0.937. The van der Waals surface area contributed by atoms with Gasteiger partial charge in [0.05, 0.1) is 0 Å². The summed E-state index contributed by atoms with van der Waals surface area (Å²) >= 11 is 3.48. The molecule has 2 nitrogen and oxygen atoms in total. The number of nitrogens with zero attached hydrogens (tertiary/aromatic N) is 2. The molecule has 1 aliphatic rings. The van der Waals surface area contributed by atoms with Crippen LogP contribution in [0.1, 0.15) is 0 Å². The first kappa shape index (κ1) is 10.1. The Hall–Kier alpha value is -0.475. The molecule has 0 aliphatic carbocycles. The molecule has 0 atom stereocenters. The molecule has 4 heteroatoms. The van der Waals surface area contributed by atoms with E-state index in [1.165, 1.54) is 5.69 Å². The Morgan fingerprint density at radius 3 is 2.50 bits per heavy atom. The molecule has 1 aromatic carbocycles. The lowest BCUT2D eigenvalue weighted by Crippen LogP contribution is -2.45. The fraction of sp³-hybridized carbons (Fsp3) is 0.400. The normalized spacial score (nSPS) is 18.5. The first-order chi connectivity index (χ1) is 6.75. The molecule has 0 amide bonds. The summed E-state index contributed by atoms with van der Waals surface area (Å²) < 4.78 is 1.13. The zero-order valence-corrected chi connectivity index (χ0v) is 9.57. The number of hydrogen-bond donors (Lipinski definition) is 0. The molecule has 1 heterocycles. The van der Waals surface area contributed by atoms with Gasteiger partial charge in [0, 0.05) is 36.3 Å². The van der Waals surface area contributed by atoms with Crippen molar-refractivity contribution in [1.29, 1.82) is 0 Å². The van der Waals surface area contributed by atoms with Crippen LogP contribution in [0, 0.1) is 0 Å². The molecule has 1 aliphatic heterocycles. The average molecular weight is 251 g/mol. The first-order valence-corrected chi connectivity index (χ1v) is 5.55. The molecule has 14 heavy (non-hydrogen) atoms. The molecule has 0 unspecified atom stereocenters. The van der Waals surface area contributed by atoms with E-state index in [2.05, 4.69) is 39.0 Å². The topological polar surface area (TPSA) is 6.48 Å². The zero-order chi connectivity index (χ0) is 9.97. The number of benzene rings is 1. The Labute approximate surface area is 94.4 Å². The molecule has 0 spiro atoms. The van der Waals surface area contributed by atoms with E-state index in [-0.39, 0.29) is 0 Å². The van der Waals surface area contributed by atoms with E-state index >= 15 is 0 Å². The van der Waals surface area contributed by atoms with E-state index in [1.54, 1.807) is 0 Å². The number of halogens is 1. The molecule has 1 aromatic rings. The van der Waals surface area contributed by atoms with Gasteiger partial charge in [-0.1, -0.05) is 22.0 Å². The van der Waals surface area contributed by atoms with Crippen LogP contribution >= 0.6 is 15.9 Å². The van der Waals surface area contributed by atoms with Gasteiger partial charge in [-0.25, -0.2) is 0 Å². The predicted molar refractivity (Wildman–Crippen MR) is 63.7 cm³/mol. The molecule has 1 fully saturated rings. The fourth-order valence-electron chi connectivity index (χ4n) is 1.65. The van der Waals surface area contributed by atoms with Crippen molar-refractivity contribution in [2.75, 3.05) is 31.1 Å². The molecule has 0 N–H and O–H groups in total. The summed E-state index contributed by atoms with van der Waals surface area (Å²) in [6.45, 7) is 3.89. The molecule has 0 bridgehead atoms. The summed E-state index contributed by atoms with van der Waals surface area (Å²) in [5.41, 5.74) is 1.27. The van der Waals surface area contributed by atoms with Crippen LogP contribution in [0.4, 0.5) is 5.69 Å². The van der Waals surface area contributed by atoms with Crippen molar-refractivity contribution in [3.63, 3.8) is 0 Å². The smallest absolute Gasteiger partial charge is 0.182 e. The maximum absolute atomic E-state index is 5.70. The van der Waals surface area contributed by atoms with Crippen molar-refractivity contribution >= 4 is 29.6 Å². The Morgan fingerprint density at radius 2 is 1.86 bits per heavy atom. The highest BCUT2D eigenvalue weighted by Crippen LogP contribution is 2.20. The summed E-state index contributed by atoms with van der Waals surface area (Å²) in [5.74, 6) is 0. The lowest BCUT2D eigenvalue weighted by Gasteiger charge is -2.34. The maximum atomic E-state index is 5.70. The molecule has 1 saturated heterocycles. The molecular formula is C10H12BBrN2. The second-order valence-corrected chi connectivity index (χ2v) is 4.42. The van der Waals surface area contributed by atoms with Crippen molar-refractivity contribution in [2.24, 2.45) is 0 Å². The summed E-state index contributed by atoms with van der Waals surface area (Å²) in [5, 5.41) is 0. The first-order valence-electron chi connectivity index (χ1n) is 4.76. The largest absolute Gasteiger partial charge is 0.369 e. The number of anilines is 1. The van der Waals surface area contributed by atoms with Gasteiger partial charge in [0.15, 0.2) is 7.98 Å². The van der Waals surface area contributed by atoms with Gasteiger partial charge in [-0.15, -0.1) is 0 Å². The van der Waals surface area contributed by atoms with E-state index in [9.17, 15) is 0 Å². The monoisotopic (exact) mass is 250 g/mol. The minimum absolute atomic E-state index is 0.937. The summed E-state index contributed by atoms with van der Waals surface area (Å²) in [7, 11) is 5.70.